The Kier molecular flexibility index (Phi) is 3.42. The summed E-state index contributed by atoms with van der Waals surface area (Å²) in [7, 11) is 2.50. The van der Waals surface area contributed by atoms with E-state index in [1.165, 1.54) is 5.56 Å². The van der Waals surface area contributed by atoms with E-state index in [0.717, 1.165) is 13.0 Å². The zero-order valence-electron chi connectivity index (χ0n) is 5.88. The molecule has 0 bridgehead atoms. The Balaban J connectivity index is 2.43. The summed E-state index contributed by atoms with van der Waals surface area (Å²) in [5.74, 6) is 0. The molecule has 0 heterocycles. The third-order valence-corrected chi connectivity index (χ3v) is 1.69. The van der Waals surface area contributed by atoms with Crippen LogP contribution in [0.25, 0.3) is 0 Å². The molecule has 0 aliphatic heterocycles. The minimum atomic E-state index is 1.02. The van der Waals surface area contributed by atoms with Gasteiger partial charge in [0.1, 0.15) is 0 Å². The van der Waals surface area contributed by atoms with E-state index in [4.69, 9.17) is 0 Å². The highest BCUT2D eigenvalue weighted by molar-refractivity contribution is 7.13. The molecule has 1 nitrogen and oxygen atoms in total. The van der Waals surface area contributed by atoms with Crippen LogP contribution in [-0.2, 0) is 6.42 Å². The van der Waals surface area contributed by atoms with E-state index in [0.29, 0.717) is 0 Å². The van der Waals surface area contributed by atoms with Crippen molar-refractivity contribution in [1.82, 2.24) is 5.09 Å². The average molecular weight is 153 g/mol. The quantitative estimate of drug-likeness (QED) is 0.650. The Bertz CT molecular complexity index is 174. The summed E-state index contributed by atoms with van der Waals surface area (Å²) < 4.78 is 0. The fraction of sp³-hybridized carbons (Fsp3) is 0.250. The maximum Gasteiger partial charge on any atom is 0.00261 e. The highest BCUT2D eigenvalue weighted by Gasteiger charge is 1.86. The van der Waals surface area contributed by atoms with Gasteiger partial charge in [0, 0.05) is 6.54 Å². The maximum atomic E-state index is 3.03. The molecule has 0 amide bonds. The first kappa shape index (κ1) is 7.71. The smallest absolute Gasteiger partial charge is 0.00261 e. The van der Waals surface area contributed by atoms with Gasteiger partial charge in [0.15, 0.2) is 0 Å². The van der Waals surface area contributed by atoms with Gasteiger partial charge in [0.25, 0.3) is 0 Å². The second-order valence-electron chi connectivity index (χ2n) is 2.19. The van der Waals surface area contributed by atoms with Crippen molar-refractivity contribution in [2.45, 2.75) is 6.42 Å². The molecule has 1 atom stereocenters. The fourth-order valence-corrected chi connectivity index (χ4v) is 1.01. The second-order valence-corrected chi connectivity index (χ2v) is 2.60. The summed E-state index contributed by atoms with van der Waals surface area (Å²) in [5, 5.41) is 3.03. The third kappa shape index (κ3) is 2.47. The van der Waals surface area contributed by atoms with Crippen LogP contribution in [0.3, 0.4) is 0 Å². The van der Waals surface area contributed by atoms with Crippen LogP contribution in [0.4, 0.5) is 0 Å². The standard InChI is InChI=1S/C8H12NP/c10-9-7-6-8-4-2-1-3-5-8/h1-5,9H,6-7,10H2. The summed E-state index contributed by atoms with van der Waals surface area (Å²) in [6, 6.07) is 10.5. The number of rotatable bonds is 3. The molecule has 1 N–H and O–H groups in total. The molecule has 0 saturated carbocycles. The Labute approximate surface area is 64.1 Å². The molecule has 1 aromatic rings. The second kappa shape index (κ2) is 4.43. The van der Waals surface area contributed by atoms with E-state index >= 15 is 0 Å². The van der Waals surface area contributed by atoms with Crippen molar-refractivity contribution < 1.29 is 0 Å². The Morgan fingerprint density at radius 3 is 2.50 bits per heavy atom. The van der Waals surface area contributed by atoms with Crippen LogP contribution in [0.1, 0.15) is 5.56 Å². The van der Waals surface area contributed by atoms with E-state index in [2.05, 4.69) is 38.7 Å². The average Bonchev–Trinajstić information content (AvgIpc) is 2.03. The van der Waals surface area contributed by atoms with Crippen LogP contribution < -0.4 is 5.09 Å². The lowest BCUT2D eigenvalue weighted by atomic mass is 10.2. The van der Waals surface area contributed by atoms with E-state index in [-0.39, 0.29) is 0 Å². The lowest BCUT2D eigenvalue weighted by Gasteiger charge is -1.97. The monoisotopic (exact) mass is 153 g/mol. The van der Waals surface area contributed by atoms with Crippen LogP contribution in [0.5, 0.6) is 0 Å². The van der Waals surface area contributed by atoms with Gasteiger partial charge in [-0.25, -0.2) is 0 Å². The molecule has 10 heavy (non-hydrogen) atoms. The number of hydrogen-bond acceptors (Lipinski definition) is 1. The van der Waals surface area contributed by atoms with Gasteiger partial charge in [-0.2, -0.15) is 0 Å². The molecule has 0 spiro atoms. The molecule has 1 aromatic carbocycles. The largest absolute Gasteiger partial charge is 0.300 e. The van der Waals surface area contributed by atoms with Crippen molar-refractivity contribution in [1.29, 1.82) is 0 Å². The predicted molar refractivity (Wildman–Crippen MR) is 47.9 cm³/mol. The van der Waals surface area contributed by atoms with Crippen LogP contribution in [0.2, 0.25) is 0 Å². The van der Waals surface area contributed by atoms with Crippen molar-refractivity contribution in [2.75, 3.05) is 6.54 Å². The van der Waals surface area contributed by atoms with E-state index in [1.807, 2.05) is 6.07 Å². The van der Waals surface area contributed by atoms with Crippen LogP contribution in [0.15, 0.2) is 30.3 Å². The van der Waals surface area contributed by atoms with Crippen molar-refractivity contribution >= 4 is 9.39 Å². The van der Waals surface area contributed by atoms with Gasteiger partial charge in [0.05, 0.1) is 0 Å². The molecule has 0 saturated heterocycles. The van der Waals surface area contributed by atoms with Crippen molar-refractivity contribution in [3.63, 3.8) is 0 Å². The Hall–Kier alpha value is -0.390. The van der Waals surface area contributed by atoms with Crippen LogP contribution in [0, 0.1) is 0 Å². The number of benzene rings is 1. The van der Waals surface area contributed by atoms with Gasteiger partial charge in [-0.15, -0.1) is 0 Å². The molecule has 0 fully saturated rings. The molecular weight excluding hydrogens is 141 g/mol. The first-order chi connectivity index (χ1) is 4.93. The van der Waals surface area contributed by atoms with Gasteiger partial charge in [-0.3, -0.25) is 0 Å². The summed E-state index contributed by atoms with van der Waals surface area (Å²) >= 11 is 0. The van der Waals surface area contributed by atoms with Crippen LogP contribution in [-0.4, -0.2) is 6.54 Å². The van der Waals surface area contributed by atoms with E-state index < -0.39 is 0 Å². The SMILES string of the molecule is PNCCc1ccccc1. The molecule has 0 radical (unpaired) electrons. The highest BCUT2D eigenvalue weighted by atomic mass is 31.0. The first-order valence-corrected chi connectivity index (χ1v) is 3.98. The van der Waals surface area contributed by atoms with Gasteiger partial charge in [0.2, 0.25) is 0 Å². The number of nitrogens with one attached hydrogen (secondary N) is 1. The van der Waals surface area contributed by atoms with Gasteiger partial charge >= 0.3 is 0 Å². The number of hydrogen-bond donors (Lipinski definition) is 1. The van der Waals surface area contributed by atoms with E-state index in [1.54, 1.807) is 0 Å². The van der Waals surface area contributed by atoms with Crippen molar-refractivity contribution in [2.24, 2.45) is 0 Å². The lowest BCUT2D eigenvalue weighted by Crippen LogP contribution is -2.03. The molecule has 1 unspecified atom stereocenters. The Morgan fingerprint density at radius 1 is 1.20 bits per heavy atom. The zero-order chi connectivity index (χ0) is 7.23. The molecule has 2 heteroatoms. The molecular formula is C8H12NP. The van der Waals surface area contributed by atoms with Crippen molar-refractivity contribution in [3.05, 3.63) is 35.9 Å². The summed E-state index contributed by atoms with van der Waals surface area (Å²) in [4.78, 5) is 0. The topological polar surface area (TPSA) is 12.0 Å². The van der Waals surface area contributed by atoms with Crippen LogP contribution >= 0.6 is 9.39 Å². The summed E-state index contributed by atoms with van der Waals surface area (Å²) in [6.07, 6.45) is 1.10. The Morgan fingerprint density at radius 2 is 1.90 bits per heavy atom. The lowest BCUT2D eigenvalue weighted by molar-refractivity contribution is 0.909. The molecule has 54 valence electrons. The van der Waals surface area contributed by atoms with Gasteiger partial charge in [-0.1, -0.05) is 39.7 Å². The molecule has 0 aliphatic carbocycles. The normalized spacial score (nSPS) is 9.70. The minimum Gasteiger partial charge on any atom is -0.300 e. The molecule has 1 rings (SSSR count). The summed E-state index contributed by atoms with van der Waals surface area (Å²) in [6.45, 7) is 1.02. The highest BCUT2D eigenvalue weighted by Crippen LogP contribution is 1.97. The van der Waals surface area contributed by atoms with Crippen molar-refractivity contribution in [3.8, 4) is 0 Å². The minimum absolute atomic E-state index is 1.02. The first-order valence-electron chi connectivity index (χ1n) is 3.41. The molecule has 0 aromatic heterocycles. The maximum absolute atomic E-state index is 3.03. The third-order valence-electron chi connectivity index (χ3n) is 1.40. The fourth-order valence-electron chi connectivity index (χ4n) is 0.861. The van der Waals surface area contributed by atoms with Gasteiger partial charge < -0.3 is 5.09 Å². The predicted octanol–water partition coefficient (Wildman–Crippen LogP) is 1.61. The van der Waals surface area contributed by atoms with E-state index in [9.17, 15) is 0 Å². The zero-order valence-corrected chi connectivity index (χ0v) is 7.03. The van der Waals surface area contributed by atoms with Gasteiger partial charge in [-0.05, 0) is 12.0 Å². The molecule has 0 aliphatic rings. The summed E-state index contributed by atoms with van der Waals surface area (Å²) in [5.41, 5.74) is 1.39.